The third kappa shape index (κ3) is 5.49. The van der Waals surface area contributed by atoms with Crippen molar-refractivity contribution in [1.29, 1.82) is 0 Å². The highest BCUT2D eigenvalue weighted by Crippen LogP contribution is 2.33. The molecule has 4 aromatic rings. The number of hydrogen-bond donors (Lipinski definition) is 0. The number of fused-ring (bicyclic) bond motifs is 1. The van der Waals surface area contributed by atoms with Gasteiger partial charge in [0, 0.05) is 18.0 Å². The van der Waals surface area contributed by atoms with Gasteiger partial charge in [-0.1, -0.05) is 55.0 Å². The van der Waals surface area contributed by atoms with Crippen LogP contribution in [0, 0.1) is 5.82 Å². The minimum absolute atomic E-state index is 0.204. The van der Waals surface area contributed by atoms with Crippen LogP contribution in [0.3, 0.4) is 0 Å². The van der Waals surface area contributed by atoms with E-state index in [2.05, 4.69) is 11.2 Å². The molecule has 3 aromatic carbocycles. The second kappa shape index (κ2) is 9.85. The second-order valence-corrected chi connectivity index (χ2v) is 9.82. The summed E-state index contributed by atoms with van der Waals surface area (Å²) in [6, 6.07) is 21.1. The molecular weight excluding hydrogens is 439 g/mol. The van der Waals surface area contributed by atoms with Gasteiger partial charge < -0.3 is 0 Å². The number of nitrogens with zero attached hydrogens (tertiary/aromatic N) is 2. The van der Waals surface area contributed by atoms with Crippen LogP contribution in [0.1, 0.15) is 24.8 Å². The minimum Gasteiger partial charge on any atom is -0.270 e. The number of benzene rings is 3. The number of hydrogen-bond acceptors (Lipinski definition) is 4. The molecule has 5 nitrogen and oxygen atoms in total. The minimum atomic E-state index is -3.39. The fourth-order valence-electron chi connectivity index (χ4n) is 4.11. The maximum atomic E-state index is 15.3. The van der Waals surface area contributed by atoms with Crippen LogP contribution < -0.4 is 0 Å². The van der Waals surface area contributed by atoms with Crippen LogP contribution in [0.15, 0.2) is 66.7 Å². The Morgan fingerprint density at radius 2 is 1.70 bits per heavy atom. The summed E-state index contributed by atoms with van der Waals surface area (Å²) in [5, 5.41) is 5.47. The molecule has 1 heterocycles. The third-order valence-corrected chi connectivity index (χ3v) is 6.29. The lowest BCUT2D eigenvalue weighted by molar-refractivity contribution is 0.310. The van der Waals surface area contributed by atoms with Crippen LogP contribution in [0.25, 0.3) is 33.3 Å². The van der Waals surface area contributed by atoms with E-state index >= 15 is 4.39 Å². The van der Waals surface area contributed by atoms with Crippen molar-refractivity contribution in [2.45, 2.75) is 25.7 Å². The molecule has 0 unspecified atom stereocenters. The molecule has 4 rings (SSSR count). The molecule has 0 saturated heterocycles. The molecule has 33 heavy (non-hydrogen) atoms. The zero-order valence-electron chi connectivity index (χ0n) is 18.8. The Balaban J connectivity index is 1.52. The Morgan fingerprint density at radius 3 is 2.48 bits per heavy atom. The first kappa shape index (κ1) is 23.1. The van der Waals surface area contributed by atoms with E-state index < -0.39 is 10.1 Å². The van der Waals surface area contributed by atoms with Crippen molar-refractivity contribution in [1.82, 2.24) is 9.78 Å². The second-order valence-electron chi connectivity index (χ2n) is 8.18. The Kier molecular flexibility index (Phi) is 6.91. The Bertz CT molecular complexity index is 1380. The lowest BCUT2D eigenvalue weighted by Gasteiger charge is -2.11. The van der Waals surface area contributed by atoms with Gasteiger partial charge in [0.2, 0.25) is 0 Å². The van der Waals surface area contributed by atoms with Gasteiger partial charge >= 0.3 is 0 Å². The highest BCUT2D eigenvalue weighted by Gasteiger charge is 2.15. The molecule has 0 atom stereocenters. The number of rotatable bonds is 9. The van der Waals surface area contributed by atoms with Gasteiger partial charge in [-0.25, -0.2) is 4.39 Å². The van der Waals surface area contributed by atoms with E-state index in [0.29, 0.717) is 17.7 Å². The predicted molar refractivity (Wildman–Crippen MR) is 130 cm³/mol. The maximum Gasteiger partial charge on any atom is 0.264 e. The Labute approximate surface area is 194 Å². The fourth-order valence-corrected chi connectivity index (χ4v) is 4.53. The van der Waals surface area contributed by atoms with E-state index in [1.165, 1.54) is 0 Å². The molecular formula is C26H27FN2O3S. The molecule has 172 valence electrons. The topological polar surface area (TPSA) is 61.2 Å². The van der Waals surface area contributed by atoms with Gasteiger partial charge in [-0.3, -0.25) is 8.86 Å². The number of unbranched alkanes of at least 4 members (excludes halogenated alkanes) is 2. The van der Waals surface area contributed by atoms with Crippen molar-refractivity contribution in [2.75, 3.05) is 12.9 Å². The summed E-state index contributed by atoms with van der Waals surface area (Å²) in [6.07, 6.45) is 4.30. The van der Waals surface area contributed by atoms with Crippen molar-refractivity contribution >= 4 is 21.0 Å². The summed E-state index contributed by atoms with van der Waals surface area (Å²) in [7, 11) is -1.52. The first-order valence-electron chi connectivity index (χ1n) is 11.0. The molecule has 1 aromatic heterocycles. The van der Waals surface area contributed by atoms with Crippen LogP contribution in [0.4, 0.5) is 4.39 Å². The molecule has 0 saturated carbocycles. The fraction of sp³-hybridized carbons (Fsp3) is 0.269. The molecule has 0 spiro atoms. The van der Waals surface area contributed by atoms with Crippen molar-refractivity contribution < 1.29 is 17.0 Å². The Morgan fingerprint density at radius 1 is 0.939 bits per heavy atom. The zero-order valence-corrected chi connectivity index (χ0v) is 19.6. The van der Waals surface area contributed by atoms with Crippen LogP contribution in [-0.2, 0) is 27.8 Å². The largest absolute Gasteiger partial charge is 0.270 e. The molecule has 0 fully saturated rings. The van der Waals surface area contributed by atoms with Crippen molar-refractivity contribution in [3.8, 4) is 22.4 Å². The molecule has 7 heteroatoms. The van der Waals surface area contributed by atoms with Gasteiger partial charge in [-0.2, -0.15) is 13.5 Å². The van der Waals surface area contributed by atoms with E-state index in [1.807, 2.05) is 55.6 Å². The number of aromatic nitrogens is 2. The van der Waals surface area contributed by atoms with Crippen LogP contribution in [0.5, 0.6) is 0 Å². The summed E-state index contributed by atoms with van der Waals surface area (Å²) in [5.74, 6) is -0.302. The number of aryl methyl sites for hydroxylation is 2. The van der Waals surface area contributed by atoms with Crippen molar-refractivity contribution in [2.24, 2.45) is 7.05 Å². The summed E-state index contributed by atoms with van der Waals surface area (Å²) < 4.78 is 43.9. The quantitative estimate of drug-likeness (QED) is 0.233. The monoisotopic (exact) mass is 466 g/mol. The highest BCUT2D eigenvalue weighted by molar-refractivity contribution is 7.85. The van der Waals surface area contributed by atoms with Crippen molar-refractivity contribution in [3.05, 3.63) is 78.1 Å². The van der Waals surface area contributed by atoms with E-state index in [0.717, 1.165) is 53.1 Å². The standard InChI is InChI=1S/C26H27FN2O3S/c1-29-25-14-8-7-13-23(25)26(28-29)22-16-15-20(18-24(22)27)21-12-6-5-11-19(21)10-4-3-9-17-32-33(2,30)31/h5-8,11-16,18H,3-4,9-10,17H2,1-2H3. The van der Waals surface area contributed by atoms with E-state index in [4.69, 9.17) is 4.18 Å². The third-order valence-electron chi connectivity index (χ3n) is 5.70. The van der Waals surface area contributed by atoms with Crippen LogP contribution in [0.2, 0.25) is 0 Å². The lowest BCUT2D eigenvalue weighted by Crippen LogP contribution is -2.04. The first-order chi connectivity index (χ1) is 15.8. The predicted octanol–water partition coefficient (Wildman–Crippen LogP) is 5.74. The Hall–Kier alpha value is -3.03. The number of halogens is 1. The average Bonchev–Trinajstić information content (AvgIpc) is 3.12. The van der Waals surface area contributed by atoms with Crippen LogP contribution >= 0.6 is 0 Å². The molecule has 0 aliphatic heterocycles. The van der Waals surface area contributed by atoms with Crippen LogP contribution in [-0.4, -0.2) is 31.1 Å². The van der Waals surface area contributed by atoms with Crippen molar-refractivity contribution in [3.63, 3.8) is 0 Å². The van der Waals surface area contributed by atoms with Gasteiger partial charge in [0.15, 0.2) is 0 Å². The zero-order chi connectivity index (χ0) is 23.4. The molecule has 0 aliphatic carbocycles. The van der Waals surface area contributed by atoms with Gasteiger partial charge in [0.25, 0.3) is 10.1 Å². The molecule has 0 radical (unpaired) electrons. The van der Waals surface area contributed by atoms with Gasteiger partial charge in [0.1, 0.15) is 11.5 Å². The SMILES string of the molecule is Cn1nc(-c2ccc(-c3ccccc3CCCCCOS(C)(=O)=O)cc2F)c2ccccc21. The molecule has 0 aliphatic rings. The average molecular weight is 467 g/mol. The molecule has 0 amide bonds. The normalized spacial score (nSPS) is 11.8. The summed E-state index contributed by atoms with van der Waals surface area (Å²) in [5.41, 5.74) is 5.05. The van der Waals surface area contributed by atoms with E-state index in [9.17, 15) is 8.42 Å². The smallest absolute Gasteiger partial charge is 0.264 e. The maximum absolute atomic E-state index is 15.3. The van der Waals surface area contributed by atoms with Gasteiger partial charge in [0.05, 0.1) is 18.4 Å². The number of para-hydroxylation sites is 1. The molecule has 0 N–H and O–H groups in total. The van der Waals surface area contributed by atoms with E-state index in [1.54, 1.807) is 16.8 Å². The summed E-state index contributed by atoms with van der Waals surface area (Å²) in [6.45, 7) is 0.204. The highest BCUT2D eigenvalue weighted by atomic mass is 32.2. The van der Waals surface area contributed by atoms with E-state index in [-0.39, 0.29) is 12.4 Å². The first-order valence-corrected chi connectivity index (χ1v) is 12.8. The lowest BCUT2D eigenvalue weighted by atomic mass is 9.94. The van der Waals surface area contributed by atoms with Gasteiger partial charge in [-0.05, 0) is 54.2 Å². The summed E-state index contributed by atoms with van der Waals surface area (Å²) in [4.78, 5) is 0. The molecule has 0 bridgehead atoms. The van der Waals surface area contributed by atoms with Gasteiger partial charge in [-0.15, -0.1) is 0 Å². The summed E-state index contributed by atoms with van der Waals surface area (Å²) >= 11 is 0.